The van der Waals surface area contributed by atoms with E-state index in [4.69, 9.17) is 4.74 Å². The number of amides is 3. The Balaban J connectivity index is 2.43. The highest BCUT2D eigenvalue weighted by Gasteiger charge is 2.26. The molecule has 3 amide bonds. The molecule has 1 N–H and O–H groups in total. The molecule has 114 valence electrons. The molecule has 1 aliphatic heterocycles. The molecular weight excluding hydrogens is 262 g/mol. The zero-order valence-electron chi connectivity index (χ0n) is 12.5. The third-order valence-electron chi connectivity index (χ3n) is 2.88. The van der Waals surface area contributed by atoms with E-state index in [-0.39, 0.29) is 5.91 Å². The van der Waals surface area contributed by atoms with Crippen LogP contribution in [0.15, 0.2) is 0 Å². The van der Waals surface area contributed by atoms with E-state index in [0.29, 0.717) is 26.2 Å². The van der Waals surface area contributed by atoms with Gasteiger partial charge in [-0.05, 0) is 27.7 Å². The Morgan fingerprint density at radius 2 is 1.75 bits per heavy atom. The van der Waals surface area contributed by atoms with Gasteiger partial charge in [0.2, 0.25) is 12.3 Å². The Kier molecular flexibility index (Phi) is 5.35. The fourth-order valence-electron chi connectivity index (χ4n) is 1.87. The fourth-order valence-corrected chi connectivity index (χ4v) is 1.87. The summed E-state index contributed by atoms with van der Waals surface area (Å²) < 4.78 is 5.10. The van der Waals surface area contributed by atoms with Crippen molar-refractivity contribution in [3.63, 3.8) is 0 Å². The smallest absolute Gasteiger partial charge is 0.408 e. The lowest BCUT2D eigenvalue weighted by atomic mass is 10.2. The SMILES string of the molecule is CC(NC(=O)OC(C)(C)C)C(=O)N1CCN(C=O)CC1. The number of ether oxygens (including phenoxy) is 1. The van der Waals surface area contributed by atoms with Gasteiger partial charge in [0.25, 0.3) is 0 Å². The molecule has 0 aromatic heterocycles. The van der Waals surface area contributed by atoms with Gasteiger partial charge >= 0.3 is 6.09 Å². The van der Waals surface area contributed by atoms with Crippen LogP contribution in [0.5, 0.6) is 0 Å². The minimum atomic E-state index is -0.646. The van der Waals surface area contributed by atoms with E-state index in [1.165, 1.54) is 0 Å². The first-order chi connectivity index (χ1) is 9.23. The predicted octanol–water partition coefficient (Wildman–Crippen LogP) is 0.200. The summed E-state index contributed by atoms with van der Waals surface area (Å²) in [5.41, 5.74) is -0.595. The van der Waals surface area contributed by atoms with E-state index in [2.05, 4.69) is 5.32 Å². The molecule has 1 aliphatic rings. The summed E-state index contributed by atoms with van der Waals surface area (Å²) in [6.45, 7) is 8.92. The van der Waals surface area contributed by atoms with Crippen molar-refractivity contribution in [1.82, 2.24) is 15.1 Å². The van der Waals surface area contributed by atoms with Crippen molar-refractivity contribution < 1.29 is 19.1 Å². The van der Waals surface area contributed by atoms with Crippen LogP contribution in [0.2, 0.25) is 0 Å². The number of nitrogens with one attached hydrogen (secondary N) is 1. The quantitative estimate of drug-likeness (QED) is 0.751. The molecule has 1 atom stereocenters. The molecule has 7 nitrogen and oxygen atoms in total. The molecule has 0 aromatic rings. The molecule has 0 aliphatic carbocycles. The maximum absolute atomic E-state index is 12.1. The lowest BCUT2D eigenvalue weighted by Gasteiger charge is -2.34. The molecule has 0 radical (unpaired) electrons. The van der Waals surface area contributed by atoms with Crippen LogP contribution >= 0.6 is 0 Å². The normalized spacial score (nSPS) is 17.4. The topological polar surface area (TPSA) is 79.0 Å². The summed E-state index contributed by atoms with van der Waals surface area (Å²) in [5.74, 6) is -0.165. The Bertz CT molecular complexity index is 370. The summed E-state index contributed by atoms with van der Waals surface area (Å²) in [5, 5.41) is 2.52. The van der Waals surface area contributed by atoms with Crippen molar-refractivity contribution in [3.8, 4) is 0 Å². The lowest BCUT2D eigenvalue weighted by Crippen LogP contribution is -2.54. The summed E-state index contributed by atoms with van der Waals surface area (Å²) in [4.78, 5) is 37.6. The average molecular weight is 285 g/mol. The van der Waals surface area contributed by atoms with Crippen molar-refractivity contribution in [2.45, 2.75) is 39.3 Å². The van der Waals surface area contributed by atoms with Gasteiger partial charge in [0.15, 0.2) is 0 Å². The molecule has 7 heteroatoms. The van der Waals surface area contributed by atoms with Crippen LogP contribution in [0.3, 0.4) is 0 Å². The zero-order valence-corrected chi connectivity index (χ0v) is 12.5. The second kappa shape index (κ2) is 6.58. The lowest BCUT2D eigenvalue weighted by molar-refractivity contribution is -0.136. The van der Waals surface area contributed by atoms with Gasteiger partial charge in [-0.25, -0.2) is 4.79 Å². The number of nitrogens with zero attached hydrogens (tertiary/aromatic N) is 2. The number of hydrogen-bond donors (Lipinski definition) is 1. The third kappa shape index (κ3) is 5.07. The third-order valence-corrected chi connectivity index (χ3v) is 2.88. The molecule has 0 saturated carbocycles. The molecule has 1 fully saturated rings. The Morgan fingerprint density at radius 3 is 2.20 bits per heavy atom. The highest BCUT2D eigenvalue weighted by atomic mass is 16.6. The van der Waals surface area contributed by atoms with Gasteiger partial charge < -0.3 is 19.9 Å². The molecular formula is C13H23N3O4. The van der Waals surface area contributed by atoms with Crippen molar-refractivity contribution >= 4 is 18.4 Å². The number of hydrogen-bond acceptors (Lipinski definition) is 4. The maximum atomic E-state index is 12.1. The standard InChI is InChI=1S/C13H23N3O4/c1-10(14-12(19)20-13(2,3)4)11(18)16-7-5-15(9-17)6-8-16/h9-10H,5-8H2,1-4H3,(H,14,19). The summed E-state index contributed by atoms with van der Waals surface area (Å²) in [6.07, 6.45) is 0.175. The average Bonchev–Trinajstić information content (AvgIpc) is 2.35. The number of piperazine rings is 1. The van der Waals surface area contributed by atoms with Crippen LogP contribution in [-0.2, 0) is 14.3 Å². The highest BCUT2D eigenvalue weighted by Crippen LogP contribution is 2.07. The summed E-state index contributed by atoms with van der Waals surface area (Å²) in [7, 11) is 0. The first-order valence-corrected chi connectivity index (χ1v) is 6.70. The van der Waals surface area contributed by atoms with Gasteiger partial charge in [-0.3, -0.25) is 9.59 Å². The maximum Gasteiger partial charge on any atom is 0.408 e. The molecule has 0 spiro atoms. The van der Waals surface area contributed by atoms with Crippen LogP contribution < -0.4 is 5.32 Å². The summed E-state index contributed by atoms with van der Waals surface area (Å²) >= 11 is 0. The fraction of sp³-hybridized carbons (Fsp3) is 0.769. The van der Waals surface area contributed by atoms with Gasteiger partial charge in [0, 0.05) is 26.2 Å². The van der Waals surface area contributed by atoms with Crippen molar-refractivity contribution in [1.29, 1.82) is 0 Å². The number of alkyl carbamates (subject to hydrolysis) is 1. The van der Waals surface area contributed by atoms with E-state index < -0.39 is 17.7 Å². The minimum Gasteiger partial charge on any atom is -0.444 e. The Hall–Kier alpha value is -1.79. The first kappa shape index (κ1) is 16.3. The number of rotatable bonds is 3. The Labute approximate surface area is 119 Å². The number of carbonyl (C=O) groups excluding carboxylic acids is 3. The molecule has 0 aromatic carbocycles. The molecule has 1 unspecified atom stereocenters. The van der Waals surface area contributed by atoms with Crippen LogP contribution in [-0.4, -0.2) is 66.0 Å². The largest absolute Gasteiger partial charge is 0.444 e. The highest BCUT2D eigenvalue weighted by molar-refractivity contribution is 5.85. The van der Waals surface area contributed by atoms with E-state index in [0.717, 1.165) is 6.41 Å². The molecule has 1 rings (SSSR count). The van der Waals surface area contributed by atoms with Crippen LogP contribution in [0.1, 0.15) is 27.7 Å². The second-order valence-corrected chi connectivity index (χ2v) is 5.83. The Morgan fingerprint density at radius 1 is 1.20 bits per heavy atom. The van der Waals surface area contributed by atoms with E-state index in [1.807, 2.05) is 0 Å². The molecule has 1 saturated heterocycles. The van der Waals surface area contributed by atoms with E-state index >= 15 is 0 Å². The van der Waals surface area contributed by atoms with Gasteiger partial charge in [0.05, 0.1) is 0 Å². The second-order valence-electron chi connectivity index (χ2n) is 5.83. The molecule has 1 heterocycles. The first-order valence-electron chi connectivity index (χ1n) is 6.70. The van der Waals surface area contributed by atoms with Crippen LogP contribution in [0, 0.1) is 0 Å². The van der Waals surface area contributed by atoms with E-state index in [9.17, 15) is 14.4 Å². The molecule has 0 bridgehead atoms. The van der Waals surface area contributed by atoms with Crippen molar-refractivity contribution in [3.05, 3.63) is 0 Å². The van der Waals surface area contributed by atoms with E-state index in [1.54, 1.807) is 37.5 Å². The van der Waals surface area contributed by atoms with Crippen molar-refractivity contribution in [2.75, 3.05) is 26.2 Å². The zero-order chi connectivity index (χ0) is 15.3. The van der Waals surface area contributed by atoms with Crippen molar-refractivity contribution in [2.24, 2.45) is 0 Å². The van der Waals surface area contributed by atoms with Gasteiger partial charge in [-0.1, -0.05) is 0 Å². The monoisotopic (exact) mass is 285 g/mol. The molecule has 20 heavy (non-hydrogen) atoms. The minimum absolute atomic E-state index is 0.165. The van der Waals surface area contributed by atoms with Gasteiger partial charge in [0.1, 0.15) is 11.6 Å². The van der Waals surface area contributed by atoms with Crippen LogP contribution in [0.4, 0.5) is 4.79 Å². The summed E-state index contributed by atoms with van der Waals surface area (Å²) in [6, 6.07) is -0.646. The number of carbonyl (C=O) groups is 3. The van der Waals surface area contributed by atoms with Gasteiger partial charge in [-0.15, -0.1) is 0 Å². The van der Waals surface area contributed by atoms with Gasteiger partial charge in [-0.2, -0.15) is 0 Å². The predicted molar refractivity (Wildman–Crippen MR) is 73.0 cm³/mol. The van der Waals surface area contributed by atoms with Crippen LogP contribution in [0.25, 0.3) is 0 Å².